The van der Waals surface area contributed by atoms with E-state index >= 15 is 0 Å². The van der Waals surface area contributed by atoms with Gasteiger partial charge in [-0.15, -0.1) is 0 Å². The Balaban J connectivity index is 1.62. The van der Waals surface area contributed by atoms with Crippen LogP contribution in [-0.4, -0.2) is 75.4 Å². The molecule has 210 valence electrons. The number of nitrogens with two attached hydrogens (primary N) is 1. The van der Waals surface area contributed by atoms with Crippen LogP contribution in [-0.2, 0) is 36.1 Å². The number of hydrogen-bond donors (Lipinski definition) is 6. The molecule has 7 N–H and O–H groups in total. The van der Waals surface area contributed by atoms with Crippen molar-refractivity contribution in [2.45, 2.75) is 63.8 Å². The van der Waals surface area contributed by atoms with Crippen LogP contribution in [0.25, 0.3) is 11.2 Å². The fourth-order valence-electron chi connectivity index (χ4n) is 3.48. The Morgan fingerprint density at radius 2 is 1.73 bits per heavy atom. The summed E-state index contributed by atoms with van der Waals surface area (Å²) in [5.74, 6) is 0.0547. The first-order valence-corrected chi connectivity index (χ1v) is 15.4. The zero-order valence-electron chi connectivity index (χ0n) is 19.6. The molecule has 3 heterocycles. The van der Waals surface area contributed by atoms with Crippen molar-refractivity contribution in [3.8, 4) is 0 Å². The lowest BCUT2D eigenvalue weighted by molar-refractivity contribution is -0.0503. The fourth-order valence-corrected chi connectivity index (χ4v) is 7.26. The van der Waals surface area contributed by atoms with Gasteiger partial charge in [0.2, 0.25) is 0 Å². The van der Waals surface area contributed by atoms with E-state index in [1.54, 1.807) is 13.8 Å². The number of aliphatic hydroxyl groups excluding tert-OH is 2. The Hall–Kier alpha value is -1.36. The molecule has 0 aliphatic carbocycles. The monoisotopic (exact) mass is 591 g/mol. The second kappa shape index (κ2) is 11.8. The lowest BCUT2D eigenvalue weighted by Crippen LogP contribution is -2.33. The molecule has 1 saturated heterocycles. The molecule has 3 rings (SSSR count). The molecule has 2 aromatic rings. The predicted molar refractivity (Wildman–Crippen MR) is 123 cm³/mol. The van der Waals surface area contributed by atoms with Crippen LogP contribution in [0.4, 0.5) is 5.82 Å². The Morgan fingerprint density at radius 3 is 2.38 bits per heavy atom. The molecule has 0 saturated carbocycles. The second-order valence-corrected chi connectivity index (χ2v) is 12.5. The van der Waals surface area contributed by atoms with Crippen molar-refractivity contribution >= 4 is 40.4 Å². The standard InChI is InChI=1S/C16H28N5O13P3/c1-3-5-9(4-2)32-36(26,27)34-37(28,29)33-35(24,25)30-6-10-12(22)13(23)16(31-10)21-8-20-11-14(17)18-7-19-15(11)21/h7-10,12-13,16,22-23H,3-6H2,1-2H3,(H,24,25)(H,26,27)(H,28,29)(H2,17,18,19)/t9?,10-,12-,13-,16-/m1/s1. The molecule has 0 radical (unpaired) electrons. The minimum absolute atomic E-state index is 0.0547. The number of aromatic nitrogens is 4. The highest BCUT2D eigenvalue weighted by atomic mass is 31.3. The first-order valence-electron chi connectivity index (χ1n) is 10.9. The largest absolute Gasteiger partial charge is 0.490 e. The molecule has 8 atom stereocenters. The van der Waals surface area contributed by atoms with Crippen LogP contribution in [0.5, 0.6) is 0 Å². The van der Waals surface area contributed by atoms with Crippen molar-refractivity contribution in [2.75, 3.05) is 12.3 Å². The van der Waals surface area contributed by atoms with Gasteiger partial charge in [0.1, 0.15) is 30.2 Å². The molecule has 1 aliphatic heterocycles. The average molecular weight is 591 g/mol. The number of nitrogen functional groups attached to an aromatic ring is 1. The Bertz CT molecular complexity index is 1230. The first-order chi connectivity index (χ1) is 17.2. The van der Waals surface area contributed by atoms with Crippen LogP contribution in [0.1, 0.15) is 39.3 Å². The minimum atomic E-state index is -5.66. The molecule has 37 heavy (non-hydrogen) atoms. The molecule has 2 aromatic heterocycles. The van der Waals surface area contributed by atoms with E-state index in [0.717, 1.165) is 6.33 Å². The van der Waals surface area contributed by atoms with Gasteiger partial charge in [-0.1, -0.05) is 20.3 Å². The predicted octanol–water partition coefficient (Wildman–Crippen LogP) is 0.974. The zero-order valence-corrected chi connectivity index (χ0v) is 22.3. The van der Waals surface area contributed by atoms with E-state index < -0.39 is 60.7 Å². The van der Waals surface area contributed by atoms with Crippen LogP contribution >= 0.6 is 23.5 Å². The summed E-state index contributed by atoms with van der Waals surface area (Å²) in [6.45, 7) is 2.50. The van der Waals surface area contributed by atoms with Gasteiger partial charge in [-0.2, -0.15) is 8.62 Å². The number of ether oxygens (including phenoxy) is 1. The van der Waals surface area contributed by atoms with E-state index in [0.29, 0.717) is 12.8 Å². The maximum absolute atomic E-state index is 12.2. The topological polar surface area (TPSA) is 268 Å². The van der Waals surface area contributed by atoms with Gasteiger partial charge in [-0.25, -0.2) is 28.6 Å². The summed E-state index contributed by atoms with van der Waals surface area (Å²) in [5.41, 5.74) is 6.08. The van der Waals surface area contributed by atoms with Crippen molar-refractivity contribution < 1.29 is 61.0 Å². The molecule has 0 bridgehead atoms. The summed E-state index contributed by atoms with van der Waals surface area (Å²) >= 11 is 0. The third kappa shape index (κ3) is 7.61. The van der Waals surface area contributed by atoms with Crippen LogP contribution < -0.4 is 5.73 Å². The van der Waals surface area contributed by atoms with Gasteiger partial charge in [-0.05, 0) is 12.8 Å². The second-order valence-electron chi connectivity index (χ2n) is 7.92. The number of phosphoric acid groups is 3. The number of fused-ring (bicyclic) bond motifs is 1. The molecule has 0 amide bonds. The van der Waals surface area contributed by atoms with Crippen molar-refractivity contribution in [3.05, 3.63) is 12.7 Å². The number of nitrogens with zero attached hydrogens (tertiary/aromatic N) is 4. The van der Waals surface area contributed by atoms with E-state index in [1.165, 1.54) is 10.9 Å². The number of imidazole rings is 1. The number of rotatable bonds is 13. The minimum Gasteiger partial charge on any atom is -0.387 e. The highest BCUT2D eigenvalue weighted by Crippen LogP contribution is 2.68. The summed E-state index contributed by atoms with van der Waals surface area (Å²) in [6.07, 6.45) is -3.17. The summed E-state index contributed by atoms with van der Waals surface area (Å²) in [6, 6.07) is 0. The molecular formula is C16H28N5O13P3. The number of phosphoric ester groups is 2. The normalized spacial score (nSPS) is 28.0. The van der Waals surface area contributed by atoms with Gasteiger partial charge < -0.3 is 35.4 Å². The SMILES string of the molecule is CCCC(CC)OP(=O)(O)OP(=O)(O)OP(=O)(O)OC[C@H]1O[C@@H](n2cnc3c(N)ncnc32)[C@H](O)[C@@H]1O. The summed E-state index contributed by atoms with van der Waals surface area (Å²) in [4.78, 5) is 41.1. The molecule has 4 unspecified atom stereocenters. The number of anilines is 1. The Labute approximate surface area is 210 Å². The van der Waals surface area contributed by atoms with Gasteiger partial charge in [0, 0.05) is 0 Å². The maximum Gasteiger partial charge on any atom is 0.490 e. The van der Waals surface area contributed by atoms with Gasteiger partial charge >= 0.3 is 23.5 Å². The lowest BCUT2D eigenvalue weighted by atomic mass is 10.1. The first kappa shape index (κ1) is 30.2. The van der Waals surface area contributed by atoms with Crippen LogP contribution in [0, 0.1) is 0 Å². The molecule has 1 aliphatic rings. The van der Waals surface area contributed by atoms with E-state index in [4.69, 9.17) is 15.0 Å². The summed E-state index contributed by atoms with van der Waals surface area (Å²) in [7, 11) is -16.3. The third-order valence-corrected chi connectivity index (χ3v) is 9.50. The maximum atomic E-state index is 12.2. The molecular weight excluding hydrogens is 563 g/mol. The van der Waals surface area contributed by atoms with Gasteiger partial charge in [-0.3, -0.25) is 13.6 Å². The number of aliphatic hydroxyl groups is 2. The van der Waals surface area contributed by atoms with E-state index in [1.807, 2.05) is 0 Å². The fraction of sp³-hybridized carbons (Fsp3) is 0.688. The highest BCUT2D eigenvalue weighted by Gasteiger charge is 2.47. The zero-order chi connectivity index (χ0) is 27.6. The molecule has 18 nitrogen and oxygen atoms in total. The van der Waals surface area contributed by atoms with Gasteiger partial charge in [0.15, 0.2) is 17.7 Å². The molecule has 0 spiro atoms. The smallest absolute Gasteiger partial charge is 0.387 e. The van der Waals surface area contributed by atoms with Crippen LogP contribution in [0.15, 0.2) is 12.7 Å². The van der Waals surface area contributed by atoms with Crippen LogP contribution in [0.3, 0.4) is 0 Å². The van der Waals surface area contributed by atoms with Gasteiger partial charge in [0.25, 0.3) is 0 Å². The summed E-state index contributed by atoms with van der Waals surface area (Å²) in [5, 5.41) is 20.7. The van der Waals surface area contributed by atoms with E-state index in [9.17, 15) is 38.6 Å². The molecule has 0 aromatic carbocycles. The van der Waals surface area contributed by atoms with Crippen molar-refractivity contribution in [1.82, 2.24) is 19.5 Å². The average Bonchev–Trinajstić information content (AvgIpc) is 3.32. The van der Waals surface area contributed by atoms with Crippen molar-refractivity contribution in [1.29, 1.82) is 0 Å². The third-order valence-electron chi connectivity index (χ3n) is 5.16. The summed E-state index contributed by atoms with van der Waals surface area (Å²) < 4.78 is 60.6. The highest BCUT2D eigenvalue weighted by molar-refractivity contribution is 7.66. The van der Waals surface area contributed by atoms with E-state index in [-0.39, 0.29) is 23.4 Å². The Kier molecular flexibility index (Phi) is 9.63. The Morgan fingerprint density at radius 1 is 1.05 bits per heavy atom. The lowest BCUT2D eigenvalue weighted by Gasteiger charge is -2.22. The van der Waals surface area contributed by atoms with Crippen molar-refractivity contribution in [3.63, 3.8) is 0 Å². The van der Waals surface area contributed by atoms with Gasteiger partial charge in [0.05, 0.1) is 19.0 Å². The molecule has 21 heteroatoms. The quantitative estimate of drug-likeness (QED) is 0.177. The van der Waals surface area contributed by atoms with Crippen molar-refractivity contribution in [2.24, 2.45) is 0 Å². The van der Waals surface area contributed by atoms with Crippen LogP contribution in [0.2, 0.25) is 0 Å². The number of hydrogen-bond acceptors (Lipinski definition) is 14. The molecule has 1 fully saturated rings. The van der Waals surface area contributed by atoms with E-state index in [2.05, 4.69) is 28.1 Å².